The van der Waals surface area contributed by atoms with E-state index in [0.29, 0.717) is 11.5 Å². The number of pyridine rings is 1. The molecule has 1 saturated carbocycles. The third-order valence-corrected chi connectivity index (χ3v) is 5.55. The fraction of sp³-hybridized carbons (Fsp3) is 0.348. The molecule has 3 aromatic rings. The number of hydrogen-bond acceptors (Lipinski definition) is 3. The molecule has 5 heteroatoms. The predicted octanol–water partition coefficient (Wildman–Crippen LogP) is 4.55. The van der Waals surface area contributed by atoms with E-state index in [2.05, 4.69) is 27.5 Å². The summed E-state index contributed by atoms with van der Waals surface area (Å²) in [6.45, 7) is 3.95. The molecule has 4 rings (SSSR count). The van der Waals surface area contributed by atoms with Gasteiger partial charge in [0.25, 0.3) is 5.91 Å². The van der Waals surface area contributed by atoms with Crippen LogP contribution in [-0.2, 0) is 0 Å². The van der Waals surface area contributed by atoms with Gasteiger partial charge in [0.15, 0.2) is 5.82 Å². The van der Waals surface area contributed by atoms with E-state index in [4.69, 9.17) is 0 Å². The number of carbonyl (C=O) groups excluding carboxylic acids is 1. The number of nitrogens with one attached hydrogen (secondary N) is 1. The first-order chi connectivity index (χ1) is 13.6. The van der Waals surface area contributed by atoms with Gasteiger partial charge < -0.3 is 5.32 Å². The molecule has 5 nitrogen and oxygen atoms in total. The number of aryl methyl sites for hydroxylation is 2. The highest BCUT2D eigenvalue weighted by Crippen LogP contribution is 2.35. The van der Waals surface area contributed by atoms with Crippen molar-refractivity contribution in [3.8, 4) is 5.82 Å². The first-order valence-electron chi connectivity index (χ1n) is 9.97. The summed E-state index contributed by atoms with van der Waals surface area (Å²) in [4.78, 5) is 17.4. The van der Waals surface area contributed by atoms with Crippen LogP contribution in [0.15, 0.2) is 54.7 Å². The van der Waals surface area contributed by atoms with Crippen molar-refractivity contribution in [2.24, 2.45) is 5.92 Å². The Hall–Kier alpha value is -2.95. The molecule has 1 unspecified atom stereocenters. The summed E-state index contributed by atoms with van der Waals surface area (Å²) in [5, 5.41) is 7.71. The predicted molar refractivity (Wildman–Crippen MR) is 109 cm³/mol. The van der Waals surface area contributed by atoms with Crippen molar-refractivity contribution in [2.75, 3.05) is 0 Å². The van der Waals surface area contributed by atoms with Crippen LogP contribution in [0.25, 0.3) is 5.82 Å². The fourth-order valence-electron chi connectivity index (χ4n) is 4.16. The lowest BCUT2D eigenvalue weighted by Crippen LogP contribution is -2.32. The van der Waals surface area contributed by atoms with Crippen LogP contribution in [0.5, 0.6) is 0 Å². The summed E-state index contributed by atoms with van der Waals surface area (Å²) < 4.78 is 1.79. The zero-order chi connectivity index (χ0) is 19.5. The number of aromatic nitrogens is 3. The normalized spacial score (nSPS) is 15.5. The summed E-state index contributed by atoms with van der Waals surface area (Å²) in [6, 6.07) is 16.0. The van der Waals surface area contributed by atoms with E-state index >= 15 is 0 Å². The van der Waals surface area contributed by atoms with Crippen LogP contribution in [0.3, 0.4) is 0 Å². The molecule has 1 aromatic carbocycles. The smallest absolute Gasteiger partial charge is 0.253 e. The van der Waals surface area contributed by atoms with Crippen LogP contribution in [0.4, 0.5) is 0 Å². The molecule has 0 saturated heterocycles. The fourth-order valence-corrected chi connectivity index (χ4v) is 4.16. The minimum Gasteiger partial charge on any atom is -0.345 e. The van der Waals surface area contributed by atoms with Crippen molar-refractivity contribution >= 4 is 5.91 Å². The molecule has 2 aromatic heterocycles. The number of hydrogen-bond donors (Lipinski definition) is 1. The Bertz CT molecular complexity index is 940. The largest absolute Gasteiger partial charge is 0.345 e. The Kier molecular flexibility index (Phi) is 5.24. The molecule has 0 aliphatic heterocycles. The first-order valence-corrected chi connectivity index (χ1v) is 9.97. The third-order valence-electron chi connectivity index (χ3n) is 5.55. The van der Waals surface area contributed by atoms with E-state index in [1.807, 2.05) is 50.2 Å². The summed E-state index contributed by atoms with van der Waals surface area (Å²) in [5.74, 6) is 1.14. The van der Waals surface area contributed by atoms with Gasteiger partial charge in [0.1, 0.15) is 0 Å². The topological polar surface area (TPSA) is 59.8 Å². The average Bonchev–Trinajstić information content (AvgIpc) is 3.36. The van der Waals surface area contributed by atoms with E-state index in [0.717, 1.165) is 30.0 Å². The van der Waals surface area contributed by atoms with Crippen molar-refractivity contribution in [1.29, 1.82) is 0 Å². The molecule has 1 aliphatic carbocycles. The van der Waals surface area contributed by atoms with Crippen LogP contribution >= 0.6 is 0 Å². The van der Waals surface area contributed by atoms with Crippen LogP contribution in [0, 0.1) is 19.8 Å². The second-order valence-electron chi connectivity index (χ2n) is 7.65. The maximum atomic E-state index is 12.9. The van der Waals surface area contributed by atoms with Gasteiger partial charge >= 0.3 is 0 Å². The van der Waals surface area contributed by atoms with Crippen molar-refractivity contribution in [1.82, 2.24) is 20.1 Å². The standard InChI is InChI=1S/C23H26N4O/c1-16-14-17(2)27(26-16)21-13-12-20(15-24-21)23(28)25-22(19-10-6-7-11-19)18-8-4-3-5-9-18/h3-5,8-9,12-15,19,22H,6-7,10-11H2,1-2H3,(H,25,28). The highest BCUT2D eigenvalue weighted by atomic mass is 16.1. The van der Waals surface area contributed by atoms with E-state index in [1.54, 1.807) is 10.9 Å². The maximum absolute atomic E-state index is 12.9. The second kappa shape index (κ2) is 7.97. The lowest BCUT2D eigenvalue weighted by Gasteiger charge is -2.25. The molecule has 144 valence electrons. The Morgan fingerprint density at radius 3 is 2.46 bits per heavy atom. The lowest BCUT2D eigenvalue weighted by molar-refractivity contribution is 0.0921. The van der Waals surface area contributed by atoms with Gasteiger partial charge in [-0.2, -0.15) is 5.10 Å². The number of rotatable bonds is 5. The lowest BCUT2D eigenvalue weighted by atomic mass is 9.91. The summed E-state index contributed by atoms with van der Waals surface area (Å²) in [7, 11) is 0. The SMILES string of the molecule is Cc1cc(C)n(-c2ccc(C(=O)NC(c3ccccc3)C3CCCC3)cn2)n1. The molecule has 1 fully saturated rings. The third kappa shape index (κ3) is 3.84. The van der Waals surface area contributed by atoms with Gasteiger partial charge in [0, 0.05) is 11.9 Å². The zero-order valence-corrected chi connectivity index (χ0v) is 16.4. The second-order valence-corrected chi connectivity index (χ2v) is 7.65. The average molecular weight is 374 g/mol. The Morgan fingerprint density at radius 1 is 1.11 bits per heavy atom. The van der Waals surface area contributed by atoms with Gasteiger partial charge in [-0.15, -0.1) is 0 Å². The summed E-state index contributed by atoms with van der Waals surface area (Å²) >= 11 is 0. The van der Waals surface area contributed by atoms with Gasteiger partial charge in [-0.3, -0.25) is 4.79 Å². The van der Waals surface area contributed by atoms with Gasteiger partial charge in [0.2, 0.25) is 0 Å². The molecule has 0 radical (unpaired) electrons. The molecule has 0 spiro atoms. The number of benzene rings is 1. The maximum Gasteiger partial charge on any atom is 0.253 e. The van der Waals surface area contributed by atoms with Crippen LogP contribution in [-0.4, -0.2) is 20.7 Å². The van der Waals surface area contributed by atoms with Crippen molar-refractivity contribution in [3.63, 3.8) is 0 Å². The Morgan fingerprint density at radius 2 is 1.86 bits per heavy atom. The minimum absolute atomic E-state index is 0.0480. The molecule has 1 N–H and O–H groups in total. The van der Waals surface area contributed by atoms with E-state index in [1.165, 1.54) is 18.4 Å². The number of carbonyl (C=O) groups is 1. The van der Waals surface area contributed by atoms with Gasteiger partial charge in [-0.25, -0.2) is 9.67 Å². The minimum atomic E-state index is -0.0758. The van der Waals surface area contributed by atoms with Gasteiger partial charge in [0.05, 0.1) is 17.3 Å². The zero-order valence-electron chi connectivity index (χ0n) is 16.4. The molecule has 0 bridgehead atoms. The van der Waals surface area contributed by atoms with Crippen molar-refractivity contribution in [2.45, 2.75) is 45.6 Å². The van der Waals surface area contributed by atoms with Crippen LogP contribution in [0.2, 0.25) is 0 Å². The van der Waals surface area contributed by atoms with Gasteiger partial charge in [-0.1, -0.05) is 43.2 Å². The number of amides is 1. The molecule has 1 atom stereocenters. The van der Waals surface area contributed by atoms with Crippen LogP contribution in [0.1, 0.15) is 59.0 Å². The molecular weight excluding hydrogens is 348 g/mol. The first kappa shape index (κ1) is 18.4. The highest BCUT2D eigenvalue weighted by molar-refractivity contribution is 5.94. The molecular formula is C23H26N4O. The van der Waals surface area contributed by atoms with E-state index < -0.39 is 0 Å². The Labute approximate surface area is 165 Å². The number of nitrogens with zero attached hydrogens (tertiary/aromatic N) is 3. The summed E-state index contributed by atoms with van der Waals surface area (Å²) in [5.41, 5.74) is 3.72. The molecule has 1 aliphatic rings. The van der Waals surface area contributed by atoms with E-state index in [9.17, 15) is 4.79 Å². The molecule has 1 amide bonds. The van der Waals surface area contributed by atoms with Crippen molar-refractivity contribution in [3.05, 3.63) is 77.2 Å². The molecule has 2 heterocycles. The summed E-state index contributed by atoms with van der Waals surface area (Å²) in [6.07, 6.45) is 6.44. The van der Waals surface area contributed by atoms with Gasteiger partial charge in [-0.05, 0) is 56.4 Å². The van der Waals surface area contributed by atoms with E-state index in [-0.39, 0.29) is 11.9 Å². The Balaban J connectivity index is 1.53. The van der Waals surface area contributed by atoms with Crippen LogP contribution < -0.4 is 5.32 Å². The monoisotopic (exact) mass is 374 g/mol. The molecule has 28 heavy (non-hydrogen) atoms. The van der Waals surface area contributed by atoms with Crippen molar-refractivity contribution < 1.29 is 4.79 Å². The highest BCUT2D eigenvalue weighted by Gasteiger charge is 2.28. The quantitative estimate of drug-likeness (QED) is 0.713.